The van der Waals surface area contributed by atoms with E-state index in [0.29, 0.717) is 11.5 Å². The smallest absolute Gasteiger partial charge is 0.0178 e. The largest absolute Gasteiger partial charge is 0.310 e. The van der Waals surface area contributed by atoms with E-state index in [1.165, 1.54) is 48.6 Å². The molecule has 0 aromatic heterocycles. The molecule has 1 N–H and O–H groups in total. The van der Waals surface area contributed by atoms with E-state index >= 15 is 0 Å². The number of benzene rings is 1. The molecule has 0 spiro atoms. The van der Waals surface area contributed by atoms with Crippen LogP contribution in [0.15, 0.2) is 22.7 Å². The summed E-state index contributed by atoms with van der Waals surface area (Å²) in [6.07, 6.45) is 7.84. The fraction of sp³-hybridized carbons (Fsp3) is 0.647. The van der Waals surface area contributed by atoms with Crippen molar-refractivity contribution in [3.05, 3.63) is 33.8 Å². The topological polar surface area (TPSA) is 12.0 Å². The monoisotopic (exact) mass is 321 g/mol. The Labute approximate surface area is 125 Å². The number of hydrogen-bond acceptors (Lipinski definition) is 1. The van der Waals surface area contributed by atoms with Crippen molar-refractivity contribution in [1.82, 2.24) is 5.32 Å². The van der Waals surface area contributed by atoms with Crippen molar-refractivity contribution in [3.8, 4) is 0 Å². The van der Waals surface area contributed by atoms with Crippen LogP contribution < -0.4 is 5.32 Å². The molecule has 2 atom stereocenters. The van der Waals surface area contributed by atoms with E-state index in [9.17, 15) is 0 Å². The molecule has 1 fully saturated rings. The first-order valence-corrected chi connectivity index (χ1v) is 8.37. The highest BCUT2D eigenvalue weighted by atomic mass is 79.9. The molecule has 2 aliphatic carbocycles. The summed E-state index contributed by atoms with van der Waals surface area (Å²) in [5, 5.41) is 3.95. The van der Waals surface area contributed by atoms with Crippen LogP contribution in [0.2, 0.25) is 0 Å². The van der Waals surface area contributed by atoms with Gasteiger partial charge in [0.2, 0.25) is 0 Å². The number of nitrogens with one attached hydrogen (secondary N) is 1. The van der Waals surface area contributed by atoms with E-state index in [0.717, 1.165) is 6.04 Å². The minimum Gasteiger partial charge on any atom is -0.310 e. The molecule has 2 heteroatoms. The molecule has 0 saturated heterocycles. The van der Waals surface area contributed by atoms with Gasteiger partial charge in [-0.2, -0.15) is 0 Å². The van der Waals surface area contributed by atoms with Crippen LogP contribution in [0.4, 0.5) is 0 Å². The van der Waals surface area contributed by atoms with Crippen molar-refractivity contribution in [1.29, 1.82) is 0 Å². The summed E-state index contributed by atoms with van der Waals surface area (Å²) in [6.45, 7) is 4.84. The van der Waals surface area contributed by atoms with Gasteiger partial charge in [0.05, 0.1) is 0 Å². The molecule has 1 aromatic rings. The SMILES string of the molecule is CC1(C)CCCC1NC1CCc2cc(Br)ccc2C1. The van der Waals surface area contributed by atoms with Crippen molar-refractivity contribution in [2.75, 3.05) is 0 Å². The number of rotatable bonds is 2. The lowest BCUT2D eigenvalue weighted by molar-refractivity contribution is 0.252. The summed E-state index contributed by atoms with van der Waals surface area (Å²) in [5.74, 6) is 0. The maximum absolute atomic E-state index is 3.95. The number of fused-ring (bicyclic) bond motifs is 1. The molecule has 2 unspecified atom stereocenters. The normalized spacial score (nSPS) is 29.2. The molecule has 104 valence electrons. The highest BCUT2D eigenvalue weighted by molar-refractivity contribution is 9.10. The Morgan fingerprint density at radius 2 is 2.05 bits per heavy atom. The van der Waals surface area contributed by atoms with Gasteiger partial charge in [-0.05, 0) is 60.8 Å². The molecule has 0 heterocycles. The second-order valence-electron chi connectivity index (χ2n) is 6.95. The van der Waals surface area contributed by atoms with Gasteiger partial charge in [0.1, 0.15) is 0 Å². The summed E-state index contributed by atoms with van der Waals surface area (Å²) in [5.41, 5.74) is 3.57. The Kier molecular flexibility index (Phi) is 3.74. The molecule has 0 bridgehead atoms. The van der Waals surface area contributed by atoms with Gasteiger partial charge in [0.25, 0.3) is 0 Å². The summed E-state index contributed by atoms with van der Waals surface area (Å²) >= 11 is 3.58. The van der Waals surface area contributed by atoms with Crippen LogP contribution >= 0.6 is 15.9 Å². The molecule has 0 amide bonds. The first-order chi connectivity index (χ1) is 9.04. The van der Waals surface area contributed by atoms with Gasteiger partial charge in [-0.15, -0.1) is 0 Å². The first-order valence-electron chi connectivity index (χ1n) is 7.58. The lowest BCUT2D eigenvalue weighted by atomic mass is 9.84. The molecule has 0 radical (unpaired) electrons. The van der Waals surface area contributed by atoms with Gasteiger partial charge in [0, 0.05) is 16.6 Å². The molecule has 1 nitrogen and oxygen atoms in total. The third-order valence-electron chi connectivity index (χ3n) is 5.09. The molecule has 3 rings (SSSR count). The highest BCUT2D eigenvalue weighted by Gasteiger charge is 2.35. The Morgan fingerprint density at radius 3 is 2.79 bits per heavy atom. The van der Waals surface area contributed by atoms with Crippen LogP contribution in [0.25, 0.3) is 0 Å². The average Bonchev–Trinajstić information content (AvgIpc) is 2.69. The van der Waals surface area contributed by atoms with Crippen LogP contribution in [0.1, 0.15) is 50.7 Å². The third kappa shape index (κ3) is 2.90. The van der Waals surface area contributed by atoms with Gasteiger partial charge < -0.3 is 5.32 Å². The zero-order valence-corrected chi connectivity index (χ0v) is 13.6. The quantitative estimate of drug-likeness (QED) is 0.847. The first kappa shape index (κ1) is 13.6. The van der Waals surface area contributed by atoms with Crippen LogP contribution in [0.5, 0.6) is 0 Å². The van der Waals surface area contributed by atoms with Crippen LogP contribution in [0, 0.1) is 5.41 Å². The summed E-state index contributed by atoms with van der Waals surface area (Å²) in [4.78, 5) is 0. The van der Waals surface area contributed by atoms with Gasteiger partial charge in [-0.1, -0.05) is 42.3 Å². The average molecular weight is 322 g/mol. The van der Waals surface area contributed by atoms with E-state index < -0.39 is 0 Å². The van der Waals surface area contributed by atoms with E-state index in [-0.39, 0.29) is 0 Å². The molecule has 1 saturated carbocycles. The zero-order valence-electron chi connectivity index (χ0n) is 12.0. The summed E-state index contributed by atoms with van der Waals surface area (Å²) in [7, 11) is 0. The lowest BCUT2D eigenvalue weighted by Crippen LogP contribution is -2.46. The van der Waals surface area contributed by atoms with Crippen molar-refractivity contribution < 1.29 is 0 Å². The molecule has 1 aromatic carbocycles. The van der Waals surface area contributed by atoms with Gasteiger partial charge >= 0.3 is 0 Å². The minimum absolute atomic E-state index is 0.486. The van der Waals surface area contributed by atoms with Crippen LogP contribution in [-0.2, 0) is 12.8 Å². The molecular weight excluding hydrogens is 298 g/mol. The fourth-order valence-electron chi connectivity index (χ4n) is 3.79. The number of halogens is 1. The van der Waals surface area contributed by atoms with Crippen molar-refractivity contribution in [2.45, 2.75) is 64.5 Å². The second-order valence-corrected chi connectivity index (χ2v) is 7.87. The van der Waals surface area contributed by atoms with Crippen molar-refractivity contribution in [2.24, 2.45) is 5.41 Å². The number of hydrogen-bond donors (Lipinski definition) is 1. The maximum atomic E-state index is 3.95. The Morgan fingerprint density at radius 1 is 1.21 bits per heavy atom. The van der Waals surface area contributed by atoms with Gasteiger partial charge in [0.15, 0.2) is 0 Å². The molecule has 19 heavy (non-hydrogen) atoms. The maximum Gasteiger partial charge on any atom is 0.0178 e. The lowest BCUT2D eigenvalue weighted by Gasteiger charge is -2.34. The van der Waals surface area contributed by atoms with Crippen molar-refractivity contribution in [3.63, 3.8) is 0 Å². The summed E-state index contributed by atoms with van der Waals surface area (Å²) < 4.78 is 1.22. The Balaban J connectivity index is 1.67. The van der Waals surface area contributed by atoms with E-state index in [1.807, 2.05) is 0 Å². The van der Waals surface area contributed by atoms with Crippen LogP contribution in [0.3, 0.4) is 0 Å². The van der Waals surface area contributed by atoms with E-state index in [1.54, 1.807) is 5.56 Å². The second kappa shape index (κ2) is 5.21. The van der Waals surface area contributed by atoms with Crippen LogP contribution in [-0.4, -0.2) is 12.1 Å². The van der Waals surface area contributed by atoms with E-state index in [2.05, 4.69) is 53.3 Å². The Bertz CT molecular complexity index is 466. The standard InChI is InChI=1S/C17H24BrN/c1-17(2)9-3-4-16(17)19-15-8-6-12-10-14(18)7-5-13(12)11-15/h5,7,10,15-16,19H,3-4,6,8-9,11H2,1-2H3. The molecular formula is C17H24BrN. The highest BCUT2D eigenvalue weighted by Crippen LogP contribution is 2.38. The fourth-order valence-corrected chi connectivity index (χ4v) is 4.19. The summed E-state index contributed by atoms with van der Waals surface area (Å²) in [6, 6.07) is 8.17. The van der Waals surface area contributed by atoms with E-state index in [4.69, 9.17) is 0 Å². The van der Waals surface area contributed by atoms with Gasteiger partial charge in [-0.3, -0.25) is 0 Å². The molecule has 0 aliphatic heterocycles. The number of aryl methyl sites for hydroxylation is 1. The van der Waals surface area contributed by atoms with Crippen molar-refractivity contribution >= 4 is 15.9 Å². The van der Waals surface area contributed by atoms with Gasteiger partial charge in [-0.25, -0.2) is 0 Å². The predicted molar refractivity (Wildman–Crippen MR) is 84.5 cm³/mol. The minimum atomic E-state index is 0.486. The molecule has 2 aliphatic rings. The third-order valence-corrected chi connectivity index (χ3v) is 5.58. The predicted octanol–water partition coefficient (Wildman–Crippen LogP) is 4.47. The Hall–Kier alpha value is -0.340. The zero-order chi connectivity index (χ0) is 13.5.